The van der Waals surface area contributed by atoms with Crippen LogP contribution in [-0.4, -0.2) is 48.6 Å². The number of nitrogens with one attached hydrogen (secondary N) is 1. The van der Waals surface area contributed by atoms with Gasteiger partial charge in [0.1, 0.15) is 0 Å². The fourth-order valence-corrected chi connectivity index (χ4v) is 5.27. The molecule has 6 heteroatoms. The van der Waals surface area contributed by atoms with Crippen LogP contribution in [0, 0.1) is 0 Å². The summed E-state index contributed by atoms with van der Waals surface area (Å²) in [5.74, 6) is 0.00227. The Kier molecular flexibility index (Phi) is 24.2. The zero-order valence-corrected chi connectivity index (χ0v) is 25.3. The number of thiazole rings is 1. The van der Waals surface area contributed by atoms with E-state index in [1.807, 2.05) is 11.6 Å². The van der Waals surface area contributed by atoms with Crippen molar-refractivity contribution < 1.29 is 9.53 Å². The molecule has 0 unspecified atom stereocenters. The minimum atomic E-state index is 0.00227. The topological polar surface area (TPSA) is 54.5 Å². The monoisotopic (exact) mass is 537 g/mol. The van der Waals surface area contributed by atoms with E-state index >= 15 is 0 Å². The Morgan fingerprint density at radius 2 is 1.30 bits per heavy atom. The molecule has 1 rings (SSSR count). The molecule has 1 aromatic rings. The normalized spacial score (nSPS) is 11.3. The van der Waals surface area contributed by atoms with Crippen LogP contribution in [0.15, 0.2) is 11.6 Å². The molecule has 0 saturated carbocycles. The molecule has 37 heavy (non-hydrogen) atoms. The van der Waals surface area contributed by atoms with Crippen LogP contribution in [0.3, 0.4) is 0 Å². The number of carbonyl (C=O) groups is 1. The highest BCUT2D eigenvalue weighted by atomic mass is 32.1. The zero-order chi connectivity index (χ0) is 26.7. The number of esters is 1. The third-order valence-corrected chi connectivity index (χ3v) is 7.78. The molecule has 0 radical (unpaired) electrons. The van der Waals surface area contributed by atoms with E-state index in [0.717, 1.165) is 43.9 Å². The van der Waals surface area contributed by atoms with Gasteiger partial charge in [-0.15, -0.1) is 11.3 Å². The molecular formula is C31H59N3O2S. The standard InChI is InChI=1S/C31H59N3O2S/c1-3-5-7-9-11-16-20-28-36-30(35)22-17-13-12-15-19-26-34(25-18-14-10-8-6-4-2)27-21-23-32-31-33-24-29-37-31/h24,29H,3-23,25-28H2,1-2H3,(H,32,33). The smallest absolute Gasteiger partial charge is 0.305 e. The Morgan fingerprint density at radius 3 is 1.89 bits per heavy atom. The molecule has 216 valence electrons. The number of carbonyl (C=O) groups excluding carboxylic acids is 1. The predicted molar refractivity (Wildman–Crippen MR) is 162 cm³/mol. The molecule has 0 aliphatic rings. The number of aromatic nitrogens is 1. The summed E-state index contributed by atoms with van der Waals surface area (Å²) in [6, 6.07) is 0. The van der Waals surface area contributed by atoms with Gasteiger partial charge in [0.25, 0.3) is 0 Å². The molecule has 1 aromatic heterocycles. The molecule has 0 spiro atoms. The summed E-state index contributed by atoms with van der Waals surface area (Å²) in [5, 5.41) is 6.49. The van der Waals surface area contributed by atoms with Gasteiger partial charge in [0.05, 0.1) is 6.61 Å². The van der Waals surface area contributed by atoms with Gasteiger partial charge in [-0.25, -0.2) is 4.98 Å². The second-order valence-corrected chi connectivity index (χ2v) is 11.5. The maximum absolute atomic E-state index is 11.9. The van der Waals surface area contributed by atoms with Crippen LogP contribution in [0.5, 0.6) is 0 Å². The Labute approximate surface area is 233 Å². The third kappa shape index (κ3) is 22.5. The van der Waals surface area contributed by atoms with Crippen molar-refractivity contribution in [3.05, 3.63) is 11.6 Å². The summed E-state index contributed by atoms with van der Waals surface area (Å²) in [7, 11) is 0. The molecule has 0 atom stereocenters. The molecule has 1 N–H and O–H groups in total. The zero-order valence-electron chi connectivity index (χ0n) is 24.5. The van der Waals surface area contributed by atoms with Gasteiger partial charge in [-0.3, -0.25) is 4.79 Å². The maximum atomic E-state index is 11.9. The van der Waals surface area contributed by atoms with E-state index < -0.39 is 0 Å². The summed E-state index contributed by atoms with van der Waals surface area (Å²) in [5.41, 5.74) is 0. The molecule has 0 aliphatic heterocycles. The number of anilines is 1. The molecule has 0 aliphatic carbocycles. The Bertz CT molecular complexity index is 597. The quantitative estimate of drug-likeness (QED) is 0.0852. The van der Waals surface area contributed by atoms with Crippen LogP contribution >= 0.6 is 11.3 Å². The van der Waals surface area contributed by atoms with Crippen molar-refractivity contribution in [3.63, 3.8) is 0 Å². The average Bonchev–Trinajstić information content (AvgIpc) is 3.42. The minimum Gasteiger partial charge on any atom is -0.466 e. The second kappa shape index (κ2) is 26.5. The fraction of sp³-hybridized carbons (Fsp3) is 0.871. The van der Waals surface area contributed by atoms with Crippen LogP contribution in [0.2, 0.25) is 0 Å². The van der Waals surface area contributed by atoms with E-state index in [-0.39, 0.29) is 5.97 Å². The van der Waals surface area contributed by atoms with Gasteiger partial charge >= 0.3 is 5.97 Å². The Balaban J connectivity index is 2.04. The van der Waals surface area contributed by atoms with E-state index in [4.69, 9.17) is 4.74 Å². The van der Waals surface area contributed by atoms with Gasteiger partial charge in [-0.2, -0.15) is 0 Å². The van der Waals surface area contributed by atoms with E-state index in [9.17, 15) is 4.79 Å². The van der Waals surface area contributed by atoms with Crippen molar-refractivity contribution in [1.29, 1.82) is 0 Å². The summed E-state index contributed by atoms with van der Waals surface area (Å²) >= 11 is 1.67. The Morgan fingerprint density at radius 1 is 0.757 bits per heavy atom. The number of hydrogen-bond donors (Lipinski definition) is 1. The lowest BCUT2D eigenvalue weighted by Crippen LogP contribution is -2.28. The molecular weight excluding hydrogens is 478 g/mol. The first-order valence-electron chi connectivity index (χ1n) is 15.8. The largest absolute Gasteiger partial charge is 0.466 e. The van der Waals surface area contributed by atoms with Crippen molar-refractivity contribution in [2.24, 2.45) is 0 Å². The van der Waals surface area contributed by atoms with Crippen LogP contribution in [0.25, 0.3) is 0 Å². The number of ether oxygens (including phenoxy) is 1. The molecule has 0 saturated heterocycles. The van der Waals surface area contributed by atoms with Gasteiger partial charge in [-0.1, -0.05) is 104 Å². The van der Waals surface area contributed by atoms with E-state index in [1.165, 1.54) is 109 Å². The second-order valence-electron chi connectivity index (χ2n) is 10.6. The van der Waals surface area contributed by atoms with Gasteiger partial charge in [0.15, 0.2) is 5.13 Å². The van der Waals surface area contributed by atoms with Crippen molar-refractivity contribution in [3.8, 4) is 0 Å². The van der Waals surface area contributed by atoms with Gasteiger partial charge in [0, 0.05) is 24.5 Å². The lowest BCUT2D eigenvalue weighted by atomic mass is 10.1. The van der Waals surface area contributed by atoms with Crippen molar-refractivity contribution in [2.75, 3.05) is 38.1 Å². The first-order valence-corrected chi connectivity index (χ1v) is 16.7. The first kappa shape index (κ1) is 33.9. The lowest BCUT2D eigenvalue weighted by Gasteiger charge is -2.22. The van der Waals surface area contributed by atoms with E-state index in [0.29, 0.717) is 13.0 Å². The van der Waals surface area contributed by atoms with Crippen LogP contribution in [0.1, 0.15) is 142 Å². The summed E-state index contributed by atoms with van der Waals surface area (Å²) in [4.78, 5) is 18.9. The van der Waals surface area contributed by atoms with Gasteiger partial charge in [0.2, 0.25) is 0 Å². The van der Waals surface area contributed by atoms with E-state index in [1.54, 1.807) is 11.3 Å². The van der Waals surface area contributed by atoms with Crippen molar-refractivity contribution in [2.45, 2.75) is 142 Å². The predicted octanol–water partition coefficient (Wildman–Crippen LogP) is 9.24. The number of rotatable bonds is 28. The molecule has 0 bridgehead atoms. The summed E-state index contributed by atoms with van der Waals surface area (Å²) in [6.07, 6.45) is 26.4. The van der Waals surface area contributed by atoms with E-state index in [2.05, 4.69) is 29.0 Å². The summed E-state index contributed by atoms with van der Waals surface area (Å²) in [6.45, 7) is 9.73. The number of unbranched alkanes of at least 4 members (excludes halogenated alkanes) is 15. The SMILES string of the molecule is CCCCCCCCCOC(=O)CCCCCCCN(CCCCCCCC)CCCNc1nccs1. The molecule has 0 aromatic carbocycles. The molecule has 0 amide bonds. The lowest BCUT2D eigenvalue weighted by molar-refractivity contribution is -0.143. The molecule has 5 nitrogen and oxygen atoms in total. The van der Waals surface area contributed by atoms with Crippen LogP contribution in [-0.2, 0) is 9.53 Å². The maximum Gasteiger partial charge on any atom is 0.305 e. The first-order chi connectivity index (χ1) is 18.3. The molecule has 1 heterocycles. The fourth-order valence-electron chi connectivity index (χ4n) is 4.71. The third-order valence-electron chi connectivity index (χ3n) is 7.05. The van der Waals surface area contributed by atoms with Gasteiger partial charge in [-0.05, 0) is 51.7 Å². The summed E-state index contributed by atoms with van der Waals surface area (Å²) < 4.78 is 5.41. The highest BCUT2D eigenvalue weighted by Crippen LogP contribution is 2.12. The number of hydrogen-bond acceptors (Lipinski definition) is 6. The number of nitrogens with zero attached hydrogens (tertiary/aromatic N) is 2. The highest BCUT2D eigenvalue weighted by Gasteiger charge is 2.06. The average molecular weight is 538 g/mol. The van der Waals surface area contributed by atoms with Crippen molar-refractivity contribution in [1.82, 2.24) is 9.88 Å². The molecule has 0 fully saturated rings. The van der Waals surface area contributed by atoms with Crippen LogP contribution < -0.4 is 5.32 Å². The Hall–Kier alpha value is -1.14. The van der Waals surface area contributed by atoms with Crippen LogP contribution in [0.4, 0.5) is 5.13 Å². The minimum absolute atomic E-state index is 0.00227. The highest BCUT2D eigenvalue weighted by molar-refractivity contribution is 7.13. The van der Waals surface area contributed by atoms with Gasteiger partial charge < -0.3 is 15.0 Å². The van der Waals surface area contributed by atoms with Crippen molar-refractivity contribution >= 4 is 22.4 Å².